The van der Waals surface area contributed by atoms with Crippen molar-refractivity contribution in [2.45, 2.75) is 19.9 Å². The number of carbonyl (C=O) groups excluding carboxylic acids is 1. The summed E-state index contributed by atoms with van der Waals surface area (Å²) in [4.78, 5) is 38.7. The first-order chi connectivity index (χ1) is 14.4. The first-order valence-corrected chi connectivity index (χ1v) is 9.64. The number of carbonyl (C=O) groups is 1. The van der Waals surface area contributed by atoms with Gasteiger partial charge in [-0.25, -0.2) is 0 Å². The summed E-state index contributed by atoms with van der Waals surface area (Å²) in [7, 11) is 0. The number of hydrogen-bond acceptors (Lipinski definition) is 7. The van der Waals surface area contributed by atoms with Crippen molar-refractivity contribution >= 4 is 29.0 Å². The maximum absolute atomic E-state index is 12.9. The zero-order chi connectivity index (χ0) is 21.3. The van der Waals surface area contributed by atoms with Crippen molar-refractivity contribution in [3.05, 3.63) is 69.3 Å². The summed E-state index contributed by atoms with van der Waals surface area (Å²) in [5.41, 5.74) is 1.26. The topological polar surface area (TPSA) is 130 Å². The molecule has 4 aromatic rings. The fraction of sp³-hybridized carbons (Fsp3) is 0.200. The summed E-state index contributed by atoms with van der Waals surface area (Å²) in [6.45, 7) is 3.88. The molecule has 0 aliphatic carbocycles. The third kappa shape index (κ3) is 3.90. The van der Waals surface area contributed by atoms with Gasteiger partial charge in [-0.1, -0.05) is 19.0 Å². The molecular weight excluding hydrogens is 404 g/mol. The highest BCUT2D eigenvalue weighted by atomic mass is 32.1. The van der Waals surface area contributed by atoms with E-state index in [2.05, 4.69) is 30.4 Å². The Kier molecular flexibility index (Phi) is 5.23. The molecule has 0 aliphatic heterocycles. The van der Waals surface area contributed by atoms with E-state index in [1.807, 2.05) is 19.9 Å². The monoisotopic (exact) mass is 422 g/mol. The third-order valence-electron chi connectivity index (χ3n) is 4.58. The summed E-state index contributed by atoms with van der Waals surface area (Å²) in [5.74, 6) is 0.353. The maximum Gasteiger partial charge on any atom is 0.259 e. The standard InChI is InChI=1S/C20H18N6O3S/c1-10(2)15(19-24-16(26-29-19)12-4-3-7-21-9-12)23-17(27)11-5-6-13-14(8-11)22-20(30)25-18(13)28/h3-10,15H,1-2H3,(H,23,27)(H2,22,25,28,30). The van der Waals surface area contributed by atoms with Crippen molar-refractivity contribution in [1.29, 1.82) is 0 Å². The minimum atomic E-state index is -0.496. The van der Waals surface area contributed by atoms with Crippen LogP contribution in [0.15, 0.2) is 52.0 Å². The van der Waals surface area contributed by atoms with Gasteiger partial charge in [0.05, 0.1) is 10.9 Å². The zero-order valence-electron chi connectivity index (χ0n) is 16.2. The van der Waals surface area contributed by atoms with Gasteiger partial charge in [0.1, 0.15) is 6.04 Å². The molecule has 1 amide bonds. The lowest BCUT2D eigenvalue weighted by Gasteiger charge is -2.18. The van der Waals surface area contributed by atoms with Crippen molar-refractivity contribution in [2.24, 2.45) is 5.92 Å². The van der Waals surface area contributed by atoms with Crippen molar-refractivity contribution < 1.29 is 9.32 Å². The summed E-state index contributed by atoms with van der Waals surface area (Å²) in [6, 6.07) is 7.85. The highest BCUT2D eigenvalue weighted by molar-refractivity contribution is 7.71. The number of nitrogens with one attached hydrogen (secondary N) is 3. The highest BCUT2D eigenvalue weighted by Crippen LogP contribution is 2.24. The van der Waals surface area contributed by atoms with Crippen LogP contribution in [-0.4, -0.2) is 31.0 Å². The average Bonchev–Trinajstić information content (AvgIpc) is 3.21. The molecule has 30 heavy (non-hydrogen) atoms. The van der Waals surface area contributed by atoms with Crippen LogP contribution in [-0.2, 0) is 0 Å². The first-order valence-electron chi connectivity index (χ1n) is 9.23. The van der Waals surface area contributed by atoms with Gasteiger partial charge in [0, 0.05) is 23.5 Å². The van der Waals surface area contributed by atoms with Crippen LogP contribution in [0, 0.1) is 10.7 Å². The molecule has 4 rings (SSSR count). The summed E-state index contributed by atoms with van der Waals surface area (Å²) in [5, 5.41) is 7.34. The number of aromatic amines is 2. The predicted octanol–water partition coefficient (Wildman–Crippen LogP) is 3.16. The Morgan fingerprint density at radius 1 is 1.23 bits per heavy atom. The van der Waals surface area contributed by atoms with E-state index < -0.39 is 6.04 Å². The van der Waals surface area contributed by atoms with Crippen LogP contribution in [0.5, 0.6) is 0 Å². The lowest BCUT2D eigenvalue weighted by molar-refractivity contribution is 0.0914. The Hall–Kier alpha value is -3.66. The van der Waals surface area contributed by atoms with Gasteiger partial charge < -0.3 is 14.8 Å². The van der Waals surface area contributed by atoms with Crippen LogP contribution >= 0.6 is 12.2 Å². The number of benzene rings is 1. The molecule has 0 saturated carbocycles. The molecule has 3 aromatic heterocycles. The molecule has 0 bridgehead atoms. The second-order valence-electron chi connectivity index (χ2n) is 7.06. The molecular formula is C20H18N6O3S. The van der Waals surface area contributed by atoms with E-state index in [1.165, 1.54) is 0 Å². The van der Waals surface area contributed by atoms with Gasteiger partial charge in [-0.2, -0.15) is 4.98 Å². The smallest absolute Gasteiger partial charge is 0.259 e. The van der Waals surface area contributed by atoms with Crippen LogP contribution in [0.2, 0.25) is 0 Å². The Morgan fingerprint density at radius 3 is 2.80 bits per heavy atom. The largest absolute Gasteiger partial charge is 0.340 e. The Morgan fingerprint density at radius 2 is 2.07 bits per heavy atom. The van der Waals surface area contributed by atoms with Crippen molar-refractivity contribution in [3.63, 3.8) is 0 Å². The van der Waals surface area contributed by atoms with E-state index in [0.29, 0.717) is 28.2 Å². The van der Waals surface area contributed by atoms with Gasteiger partial charge in [-0.3, -0.25) is 19.6 Å². The Labute approximate surface area is 175 Å². The lowest BCUT2D eigenvalue weighted by Crippen LogP contribution is -2.32. The fourth-order valence-electron chi connectivity index (χ4n) is 3.02. The predicted molar refractivity (Wildman–Crippen MR) is 112 cm³/mol. The summed E-state index contributed by atoms with van der Waals surface area (Å²) in [6.07, 6.45) is 3.30. The minimum Gasteiger partial charge on any atom is -0.340 e. The number of H-pyrrole nitrogens is 2. The molecule has 152 valence electrons. The number of amides is 1. The van der Waals surface area contributed by atoms with E-state index in [1.54, 1.807) is 36.7 Å². The Balaban J connectivity index is 1.62. The fourth-order valence-corrected chi connectivity index (χ4v) is 3.23. The molecule has 1 unspecified atom stereocenters. The van der Waals surface area contributed by atoms with Crippen LogP contribution in [0.1, 0.15) is 36.1 Å². The normalized spacial score (nSPS) is 12.2. The van der Waals surface area contributed by atoms with Gasteiger partial charge in [-0.05, 0) is 48.5 Å². The van der Waals surface area contributed by atoms with Gasteiger partial charge >= 0.3 is 0 Å². The van der Waals surface area contributed by atoms with Gasteiger partial charge in [0.2, 0.25) is 11.7 Å². The van der Waals surface area contributed by atoms with E-state index in [4.69, 9.17) is 16.7 Å². The molecule has 0 fully saturated rings. The lowest BCUT2D eigenvalue weighted by atomic mass is 10.0. The van der Waals surface area contributed by atoms with E-state index in [9.17, 15) is 9.59 Å². The van der Waals surface area contributed by atoms with E-state index in [-0.39, 0.29) is 22.2 Å². The second kappa shape index (κ2) is 7.99. The SMILES string of the molecule is CC(C)C(NC(=O)c1ccc2c(=O)[nH]c(=S)[nH]c2c1)c1nc(-c2cccnc2)no1. The molecule has 0 spiro atoms. The molecule has 3 heterocycles. The number of nitrogens with zero attached hydrogens (tertiary/aromatic N) is 3. The number of pyridine rings is 1. The number of fused-ring (bicyclic) bond motifs is 1. The van der Waals surface area contributed by atoms with Crippen molar-refractivity contribution in [1.82, 2.24) is 30.4 Å². The third-order valence-corrected chi connectivity index (χ3v) is 4.79. The second-order valence-corrected chi connectivity index (χ2v) is 7.47. The highest BCUT2D eigenvalue weighted by Gasteiger charge is 2.25. The number of aromatic nitrogens is 5. The van der Waals surface area contributed by atoms with Gasteiger partial charge in [-0.15, -0.1) is 0 Å². The maximum atomic E-state index is 12.9. The molecule has 1 aromatic carbocycles. The van der Waals surface area contributed by atoms with E-state index >= 15 is 0 Å². The van der Waals surface area contributed by atoms with Crippen LogP contribution in [0.4, 0.5) is 0 Å². The van der Waals surface area contributed by atoms with Crippen molar-refractivity contribution in [3.8, 4) is 11.4 Å². The van der Waals surface area contributed by atoms with Crippen molar-refractivity contribution in [2.75, 3.05) is 0 Å². The number of rotatable bonds is 5. The molecule has 0 radical (unpaired) electrons. The van der Waals surface area contributed by atoms with Gasteiger partial charge in [0.25, 0.3) is 11.5 Å². The van der Waals surface area contributed by atoms with Crippen LogP contribution < -0.4 is 10.9 Å². The zero-order valence-corrected chi connectivity index (χ0v) is 17.0. The van der Waals surface area contributed by atoms with E-state index in [0.717, 1.165) is 5.56 Å². The minimum absolute atomic E-state index is 0.00902. The Bertz CT molecular complexity index is 1330. The molecule has 0 saturated heterocycles. The quantitative estimate of drug-likeness (QED) is 0.421. The summed E-state index contributed by atoms with van der Waals surface area (Å²) < 4.78 is 5.61. The first kappa shape index (κ1) is 19.6. The average molecular weight is 422 g/mol. The van der Waals surface area contributed by atoms with Crippen LogP contribution in [0.3, 0.4) is 0 Å². The molecule has 0 aliphatic rings. The summed E-state index contributed by atoms with van der Waals surface area (Å²) >= 11 is 5.00. The molecule has 10 heteroatoms. The molecule has 1 atom stereocenters. The number of hydrogen-bond donors (Lipinski definition) is 3. The molecule has 9 nitrogen and oxygen atoms in total. The molecule has 3 N–H and O–H groups in total. The van der Waals surface area contributed by atoms with Crippen LogP contribution in [0.25, 0.3) is 22.3 Å². The van der Waals surface area contributed by atoms with Gasteiger partial charge in [0.15, 0.2) is 4.77 Å².